The van der Waals surface area contributed by atoms with Gasteiger partial charge in [0, 0.05) is 24.4 Å². The van der Waals surface area contributed by atoms with Crippen molar-refractivity contribution in [2.75, 3.05) is 0 Å². The van der Waals surface area contributed by atoms with Crippen LogP contribution < -0.4 is 0 Å². The van der Waals surface area contributed by atoms with Gasteiger partial charge in [0.2, 0.25) is 0 Å². The lowest BCUT2D eigenvalue weighted by atomic mass is 9.96. The summed E-state index contributed by atoms with van der Waals surface area (Å²) < 4.78 is 0. The molecule has 0 aliphatic heterocycles. The number of fused-ring (bicyclic) bond motifs is 1. The van der Waals surface area contributed by atoms with E-state index >= 15 is 0 Å². The SMILES string of the molecule is O=C(CC1CCCC1)c1cccc2nccnc12. The molecular formula is C15H16N2O. The van der Waals surface area contributed by atoms with Gasteiger partial charge in [0.25, 0.3) is 0 Å². The number of Topliss-reactive ketones (excluding diaryl/α,β-unsaturated/α-hetero) is 1. The Kier molecular flexibility index (Phi) is 3.05. The predicted octanol–water partition coefficient (Wildman–Crippen LogP) is 3.39. The first-order chi connectivity index (χ1) is 8.84. The molecule has 1 heterocycles. The molecule has 3 heteroatoms. The van der Waals surface area contributed by atoms with Crippen molar-refractivity contribution in [3.05, 3.63) is 36.2 Å². The third-order valence-corrected chi connectivity index (χ3v) is 3.75. The lowest BCUT2D eigenvalue weighted by molar-refractivity contribution is 0.0963. The minimum atomic E-state index is 0.216. The van der Waals surface area contributed by atoms with Crippen LogP contribution in [0.2, 0.25) is 0 Å². The van der Waals surface area contributed by atoms with Crippen LogP contribution in [0, 0.1) is 5.92 Å². The number of carbonyl (C=O) groups is 1. The van der Waals surface area contributed by atoms with E-state index in [0.717, 1.165) is 16.6 Å². The van der Waals surface area contributed by atoms with Gasteiger partial charge in [-0.05, 0) is 18.1 Å². The number of hydrogen-bond acceptors (Lipinski definition) is 3. The van der Waals surface area contributed by atoms with E-state index in [1.54, 1.807) is 12.4 Å². The number of hydrogen-bond donors (Lipinski definition) is 0. The van der Waals surface area contributed by atoms with E-state index in [2.05, 4.69) is 9.97 Å². The number of para-hydroxylation sites is 1. The van der Waals surface area contributed by atoms with Crippen LogP contribution in [0.1, 0.15) is 42.5 Å². The zero-order valence-electron chi connectivity index (χ0n) is 10.3. The summed E-state index contributed by atoms with van der Waals surface area (Å²) in [6.07, 6.45) is 8.91. The number of nitrogens with zero attached hydrogens (tertiary/aromatic N) is 2. The van der Waals surface area contributed by atoms with Crippen molar-refractivity contribution in [1.29, 1.82) is 0 Å². The first-order valence-corrected chi connectivity index (χ1v) is 6.57. The Morgan fingerprint density at radius 1 is 1.17 bits per heavy atom. The first-order valence-electron chi connectivity index (χ1n) is 6.57. The maximum absolute atomic E-state index is 12.3. The van der Waals surface area contributed by atoms with Gasteiger partial charge < -0.3 is 0 Å². The standard InChI is InChI=1S/C15H16N2O/c18-14(10-11-4-1-2-5-11)12-6-3-7-13-15(12)17-9-8-16-13/h3,6-9,11H,1-2,4-5,10H2. The maximum Gasteiger partial charge on any atom is 0.165 e. The maximum atomic E-state index is 12.3. The highest BCUT2D eigenvalue weighted by molar-refractivity contribution is 6.05. The summed E-state index contributed by atoms with van der Waals surface area (Å²) in [6, 6.07) is 5.65. The van der Waals surface area contributed by atoms with Gasteiger partial charge in [-0.3, -0.25) is 14.8 Å². The lowest BCUT2D eigenvalue weighted by Crippen LogP contribution is -2.07. The van der Waals surface area contributed by atoms with Gasteiger partial charge in [-0.15, -0.1) is 0 Å². The summed E-state index contributed by atoms with van der Waals surface area (Å²) in [5.74, 6) is 0.789. The van der Waals surface area contributed by atoms with Gasteiger partial charge in [-0.25, -0.2) is 0 Å². The summed E-state index contributed by atoms with van der Waals surface area (Å²) in [5, 5.41) is 0. The molecule has 2 aromatic rings. The van der Waals surface area contributed by atoms with Crippen molar-refractivity contribution in [2.45, 2.75) is 32.1 Å². The fraction of sp³-hybridized carbons (Fsp3) is 0.400. The molecule has 1 aliphatic rings. The number of benzene rings is 1. The highest BCUT2D eigenvalue weighted by atomic mass is 16.1. The van der Waals surface area contributed by atoms with E-state index in [9.17, 15) is 4.79 Å². The van der Waals surface area contributed by atoms with Gasteiger partial charge in [0.1, 0.15) is 0 Å². The smallest absolute Gasteiger partial charge is 0.165 e. The van der Waals surface area contributed by atoms with E-state index in [-0.39, 0.29) is 5.78 Å². The van der Waals surface area contributed by atoms with Crippen LogP contribution >= 0.6 is 0 Å². The molecule has 3 rings (SSSR count). The number of ketones is 1. The molecule has 92 valence electrons. The monoisotopic (exact) mass is 240 g/mol. The molecule has 0 atom stereocenters. The van der Waals surface area contributed by atoms with Gasteiger partial charge in [-0.2, -0.15) is 0 Å². The van der Waals surface area contributed by atoms with E-state index in [1.807, 2.05) is 18.2 Å². The van der Waals surface area contributed by atoms with Crippen LogP contribution in [0.5, 0.6) is 0 Å². The van der Waals surface area contributed by atoms with Crippen molar-refractivity contribution in [3.63, 3.8) is 0 Å². The Bertz CT molecular complexity index is 568. The lowest BCUT2D eigenvalue weighted by Gasteiger charge is -2.08. The Morgan fingerprint density at radius 2 is 1.94 bits per heavy atom. The molecule has 18 heavy (non-hydrogen) atoms. The van der Waals surface area contributed by atoms with Gasteiger partial charge in [0.05, 0.1) is 11.0 Å². The molecule has 1 fully saturated rings. The zero-order valence-corrected chi connectivity index (χ0v) is 10.3. The second-order valence-electron chi connectivity index (χ2n) is 5.01. The van der Waals surface area contributed by atoms with Crippen molar-refractivity contribution in [3.8, 4) is 0 Å². The first kappa shape index (κ1) is 11.3. The summed E-state index contributed by atoms with van der Waals surface area (Å²) in [6.45, 7) is 0. The molecule has 1 aromatic carbocycles. The molecular weight excluding hydrogens is 224 g/mol. The predicted molar refractivity (Wildman–Crippen MR) is 70.4 cm³/mol. The van der Waals surface area contributed by atoms with Crippen molar-refractivity contribution in [1.82, 2.24) is 9.97 Å². The van der Waals surface area contributed by atoms with Crippen molar-refractivity contribution in [2.24, 2.45) is 5.92 Å². The van der Waals surface area contributed by atoms with Crippen molar-refractivity contribution < 1.29 is 4.79 Å². The molecule has 1 aliphatic carbocycles. The van der Waals surface area contributed by atoms with E-state index in [4.69, 9.17) is 0 Å². The Hall–Kier alpha value is -1.77. The Balaban J connectivity index is 1.91. The third-order valence-electron chi connectivity index (χ3n) is 3.75. The second-order valence-corrected chi connectivity index (χ2v) is 5.01. The van der Waals surface area contributed by atoms with Crippen LogP contribution in [0.25, 0.3) is 11.0 Å². The molecule has 0 amide bonds. The summed E-state index contributed by atoms with van der Waals surface area (Å²) in [4.78, 5) is 20.9. The van der Waals surface area contributed by atoms with Crippen LogP contribution in [0.4, 0.5) is 0 Å². The largest absolute Gasteiger partial charge is 0.294 e. The van der Waals surface area contributed by atoms with Crippen molar-refractivity contribution >= 4 is 16.8 Å². The molecule has 1 saturated carbocycles. The molecule has 0 bridgehead atoms. The van der Waals surface area contributed by atoms with E-state index in [0.29, 0.717) is 12.3 Å². The van der Waals surface area contributed by atoms with E-state index in [1.165, 1.54) is 25.7 Å². The average Bonchev–Trinajstić information content (AvgIpc) is 2.91. The third kappa shape index (κ3) is 2.13. The average molecular weight is 240 g/mol. The molecule has 0 unspecified atom stereocenters. The van der Waals surface area contributed by atoms with Crippen LogP contribution in [0.15, 0.2) is 30.6 Å². The van der Waals surface area contributed by atoms with Crippen LogP contribution in [0.3, 0.4) is 0 Å². The highest BCUT2D eigenvalue weighted by Gasteiger charge is 2.20. The molecule has 0 radical (unpaired) electrons. The van der Waals surface area contributed by atoms with Crippen LogP contribution in [-0.4, -0.2) is 15.8 Å². The minimum absolute atomic E-state index is 0.216. The van der Waals surface area contributed by atoms with Gasteiger partial charge in [-0.1, -0.05) is 31.7 Å². The summed E-state index contributed by atoms with van der Waals surface area (Å²) >= 11 is 0. The number of carbonyl (C=O) groups excluding carboxylic acids is 1. The summed E-state index contributed by atoms with van der Waals surface area (Å²) in [7, 11) is 0. The Morgan fingerprint density at radius 3 is 2.78 bits per heavy atom. The van der Waals surface area contributed by atoms with E-state index < -0.39 is 0 Å². The highest BCUT2D eigenvalue weighted by Crippen LogP contribution is 2.29. The fourth-order valence-electron chi connectivity index (χ4n) is 2.80. The van der Waals surface area contributed by atoms with Gasteiger partial charge >= 0.3 is 0 Å². The fourth-order valence-corrected chi connectivity index (χ4v) is 2.80. The number of rotatable bonds is 3. The van der Waals surface area contributed by atoms with Gasteiger partial charge in [0.15, 0.2) is 5.78 Å². The second kappa shape index (κ2) is 4.84. The molecule has 3 nitrogen and oxygen atoms in total. The normalized spacial score (nSPS) is 16.2. The molecule has 0 spiro atoms. The molecule has 0 N–H and O–H groups in total. The molecule has 0 saturated heterocycles. The molecule has 1 aromatic heterocycles. The topological polar surface area (TPSA) is 42.9 Å². The quantitative estimate of drug-likeness (QED) is 0.772. The Labute approximate surface area is 106 Å². The zero-order chi connectivity index (χ0) is 12.4. The van der Waals surface area contributed by atoms with Crippen LogP contribution in [-0.2, 0) is 0 Å². The number of aromatic nitrogens is 2. The minimum Gasteiger partial charge on any atom is -0.294 e. The summed E-state index contributed by atoms with van der Waals surface area (Å²) in [5.41, 5.74) is 2.27.